The molecule has 2 heterocycles. The van der Waals surface area contributed by atoms with Gasteiger partial charge in [0.2, 0.25) is 17.8 Å². The zero-order chi connectivity index (χ0) is 45.4. The third kappa shape index (κ3) is 11.2. The van der Waals surface area contributed by atoms with E-state index in [0.717, 1.165) is 0 Å². The van der Waals surface area contributed by atoms with Crippen molar-refractivity contribution in [1.82, 2.24) is 19.1 Å². The molecule has 324 valence electrons. The maximum atomic E-state index is 13.5. The summed E-state index contributed by atoms with van der Waals surface area (Å²) in [4.78, 5) is 42.3. The Morgan fingerprint density at radius 2 is 1.00 bits per heavy atom. The lowest BCUT2D eigenvalue weighted by atomic mass is 10.1. The van der Waals surface area contributed by atoms with E-state index in [2.05, 4.69) is 9.97 Å². The fourth-order valence-corrected chi connectivity index (χ4v) is 4.90. The fourth-order valence-electron chi connectivity index (χ4n) is 4.90. The molecule has 0 radical (unpaired) electrons. The van der Waals surface area contributed by atoms with Crippen molar-refractivity contribution in [3.05, 3.63) is 103 Å². The van der Waals surface area contributed by atoms with Gasteiger partial charge in [-0.15, -0.1) is 0 Å². The highest BCUT2D eigenvalue weighted by Gasteiger charge is 2.43. The van der Waals surface area contributed by atoms with E-state index in [9.17, 15) is 93.4 Å². The number of hydrogen-bond donors (Lipinski definition) is 1. The molecule has 2 aromatic carbocycles. The van der Waals surface area contributed by atoms with E-state index in [1.807, 2.05) is 5.32 Å². The summed E-state index contributed by atoms with van der Waals surface area (Å²) in [6.45, 7) is 2.57. The Kier molecular flexibility index (Phi) is 13.3. The van der Waals surface area contributed by atoms with Crippen molar-refractivity contribution >= 4 is 29.2 Å². The van der Waals surface area contributed by atoms with Crippen LogP contribution in [0.25, 0.3) is 0 Å². The predicted octanol–water partition coefficient (Wildman–Crippen LogP) is 10.1. The molecule has 0 bridgehead atoms. The molecule has 0 spiro atoms. The normalized spacial score (nSPS) is 12.8. The molecule has 1 N–H and O–H groups in total. The summed E-state index contributed by atoms with van der Waals surface area (Å²) in [6, 6.07) is 0.992. The van der Waals surface area contributed by atoms with E-state index in [4.69, 9.17) is 0 Å². The molecule has 0 fully saturated rings. The first-order chi connectivity index (χ1) is 26.6. The molecule has 0 saturated heterocycles. The van der Waals surface area contributed by atoms with Crippen molar-refractivity contribution in [3.63, 3.8) is 0 Å². The van der Waals surface area contributed by atoms with Crippen molar-refractivity contribution in [3.8, 4) is 0 Å². The number of nitrogens with zero attached hydrogens (tertiary/aromatic N) is 5. The van der Waals surface area contributed by atoms with Crippen molar-refractivity contribution in [2.75, 3.05) is 10.2 Å². The molecule has 0 atom stereocenters. The van der Waals surface area contributed by atoms with E-state index in [1.54, 1.807) is 0 Å². The van der Waals surface area contributed by atoms with Crippen LogP contribution in [0.4, 0.5) is 102 Å². The molecule has 4 aromatic rings. The van der Waals surface area contributed by atoms with Crippen molar-refractivity contribution in [2.45, 2.75) is 70.9 Å². The number of alkyl halides is 18. The first-order valence-corrected chi connectivity index (χ1v) is 15.7. The zero-order valence-corrected chi connectivity index (χ0v) is 29.3. The van der Waals surface area contributed by atoms with Crippen LogP contribution >= 0.6 is 0 Å². The highest BCUT2D eigenvalue weighted by molar-refractivity contribution is 5.98. The van der Waals surface area contributed by atoms with Gasteiger partial charge in [0.1, 0.15) is 0 Å². The van der Waals surface area contributed by atoms with Gasteiger partial charge < -0.3 is 5.32 Å². The minimum atomic E-state index is -5.43. The molecule has 59 heavy (non-hydrogen) atoms. The molecule has 0 aliphatic heterocycles. The number of benzene rings is 2. The molecule has 4 rings (SSSR count). The summed E-state index contributed by atoms with van der Waals surface area (Å²) in [5.74, 6) is -3.34. The predicted molar refractivity (Wildman–Crippen MR) is 167 cm³/mol. The monoisotopic (exact) mass is 880 g/mol. The van der Waals surface area contributed by atoms with Crippen molar-refractivity contribution < 1.29 is 83.8 Å². The Bertz CT molecular complexity index is 2300. The Labute approximate surface area is 316 Å². The fraction of sp³-hybridized carbons (Fsp3) is 0.344. The van der Waals surface area contributed by atoms with Gasteiger partial charge in [-0.2, -0.15) is 79.0 Å². The second-order valence-corrected chi connectivity index (χ2v) is 11.5. The Morgan fingerprint density at radius 1 is 0.576 bits per heavy atom. The maximum absolute atomic E-state index is 13.5. The van der Waals surface area contributed by atoms with E-state index >= 15 is 0 Å². The summed E-state index contributed by atoms with van der Waals surface area (Å²) in [5.41, 5.74) is -15.2. The second kappa shape index (κ2) is 16.5. The molecular weight excluding hydrogens is 858 g/mol. The lowest BCUT2D eigenvalue weighted by Crippen LogP contribution is -2.35. The van der Waals surface area contributed by atoms with Gasteiger partial charge >= 0.3 is 37.1 Å². The number of amides is 1. The number of carbonyl (C=O) groups excluding carboxylic acids is 1. The van der Waals surface area contributed by atoms with E-state index in [0.29, 0.717) is 28.2 Å². The largest absolute Gasteiger partial charge is 0.433 e. The van der Waals surface area contributed by atoms with Crippen LogP contribution in [0.1, 0.15) is 54.4 Å². The molecule has 0 unspecified atom stereocenters. The first kappa shape index (κ1) is 47.6. The molecule has 0 aliphatic rings. The topological polar surface area (TPSA) is 102 Å². The molecule has 2 aromatic heterocycles. The highest BCUT2D eigenvalue weighted by Crippen LogP contribution is 2.43. The van der Waals surface area contributed by atoms with Gasteiger partial charge in [-0.05, 0) is 50.2 Å². The summed E-state index contributed by atoms with van der Waals surface area (Å²) in [7, 11) is 0. The number of halogens is 18. The maximum Gasteiger partial charge on any atom is 0.433 e. The smallest absolute Gasteiger partial charge is 0.325 e. The summed E-state index contributed by atoms with van der Waals surface area (Å²) in [6.07, 6.45) is -31.2. The molecular formula is C32H22F18N6O3. The molecule has 9 nitrogen and oxygen atoms in total. The number of anilines is 4. The average molecular weight is 881 g/mol. The minimum Gasteiger partial charge on any atom is -0.325 e. The lowest BCUT2D eigenvalue weighted by molar-refractivity contribution is -0.144. The van der Waals surface area contributed by atoms with Crippen LogP contribution in [0.2, 0.25) is 0 Å². The minimum absolute atomic E-state index is 0.0170. The van der Waals surface area contributed by atoms with Gasteiger partial charge in [0.25, 0.3) is 11.1 Å². The second-order valence-electron chi connectivity index (χ2n) is 11.5. The summed E-state index contributed by atoms with van der Waals surface area (Å²) < 4.78 is 236. The number of nitrogens with one attached hydrogen (secondary N) is 1. The van der Waals surface area contributed by atoms with Crippen LogP contribution in [0.3, 0.4) is 0 Å². The van der Waals surface area contributed by atoms with Crippen LogP contribution in [-0.4, -0.2) is 25.0 Å². The summed E-state index contributed by atoms with van der Waals surface area (Å²) in [5, 5.41) is 1.90. The van der Waals surface area contributed by atoms with Crippen LogP contribution in [0.15, 0.2) is 58.1 Å². The van der Waals surface area contributed by atoms with Crippen LogP contribution < -0.4 is 21.3 Å². The van der Waals surface area contributed by atoms with Gasteiger partial charge in [0, 0.05) is 32.1 Å². The van der Waals surface area contributed by atoms with Crippen LogP contribution in [0.5, 0.6) is 0 Å². The molecule has 1 amide bonds. The van der Waals surface area contributed by atoms with E-state index < -0.39 is 118 Å². The zero-order valence-electron chi connectivity index (χ0n) is 29.3. The quantitative estimate of drug-likeness (QED) is 0.194. The number of hydrogen-bond acceptors (Lipinski definition) is 6. The molecule has 27 heteroatoms. The standard InChI is InChI=1S/C17H12F9N3O2.C15H10F9N3O/c1-3-28-13(31)7-12(17(24,25)26)27-14(28)29(8(2)30)11-5-4-9(15(18,19)20)6-10(11)16(21,22)23;1-2-27-11(28)6-10(15(22,23)24)26-12(27)25-9-4-3-7(13(16,17)18)5-8(9)14(19,20)21/h4-7H,3H2,1-2H3;3-6H,2H2,1H3,(H,25,26). The Balaban J connectivity index is 0.000000317. The highest BCUT2D eigenvalue weighted by atomic mass is 19.4. The van der Waals surface area contributed by atoms with Gasteiger partial charge in [0.05, 0.1) is 33.6 Å². The molecule has 0 saturated carbocycles. The lowest BCUT2D eigenvalue weighted by Gasteiger charge is -2.27. The Morgan fingerprint density at radius 3 is 1.41 bits per heavy atom. The van der Waals surface area contributed by atoms with E-state index in [-0.39, 0.29) is 47.8 Å². The molecule has 0 aliphatic carbocycles. The van der Waals surface area contributed by atoms with Crippen LogP contribution in [0, 0.1) is 0 Å². The number of carbonyl (C=O) groups is 1. The average Bonchev–Trinajstić information content (AvgIpc) is 3.06. The van der Waals surface area contributed by atoms with Gasteiger partial charge in [0.15, 0.2) is 11.4 Å². The van der Waals surface area contributed by atoms with Gasteiger partial charge in [-0.25, -0.2) is 14.9 Å². The van der Waals surface area contributed by atoms with Gasteiger partial charge in [-0.1, -0.05) is 0 Å². The number of aromatic nitrogens is 4. The third-order valence-electron chi connectivity index (χ3n) is 7.49. The SMILES string of the molecule is CCn1c(N(C(C)=O)c2ccc(C(F)(F)F)cc2C(F)(F)F)nc(C(F)(F)F)cc1=O.CCn1c(Nc2ccc(C(F)(F)F)cc2C(F)(F)F)nc(C(F)(F)F)cc1=O. The Hall–Kier alpha value is -5.79. The summed E-state index contributed by atoms with van der Waals surface area (Å²) >= 11 is 0. The van der Waals surface area contributed by atoms with Crippen molar-refractivity contribution in [1.29, 1.82) is 0 Å². The third-order valence-corrected chi connectivity index (χ3v) is 7.49. The van der Waals surface area contributed by atoms with E-state index in [1.165, 1.54) is 13.8 Å². The number of rotatable bonds is 6. The van der Waals surface area contributed by atoms with Gasteiger partial charge in [-0.3, -0.25) is 23.5 Å². The van der Waals surface area contributed by atoms with Crippen molar-refractivity contribution in [2.24, 2.45) is 0 Å². The first-order valence-electron chi connectivity index (χ1n) is 15.7. The van der Waals surface area contributed by atoms with Crippen LogP contribution in [-0.2, 0) is 54.9 Å².